The molecule has 1 rings (SSSR count). The topological polar surface area (TPSA) is 55.1 Å². The van der Waals surface area contributed by atoms with Crippen molar-refractivity contribution in [2.45, 2.75) is 40.0 Å². The Bertz CT molecular complexity index is 401. The van der Waals surface area contributed by atoms with Crippen LogP contribution in [0, 0.1) is 19.8 Å². The molecule has 3 nitrogen and oxygen atoms in total. The first-order chi connectivity index (χ1) is 8.58. The summed E-state index contributed by atoms with van der Waals surface area (Å²) in [6.07, 6.45) is 2.59. The number of carbonyl (C=O) groups excluding carboxylic acids is 1. The van der Waals surface area contributed by atoms with E-state index in [-0.39, 0.29) is 5.91 Å². The van der Waals surface area contributed by atoms with Gasteiger partial charge in [0.2, 0.25) is 5.91 Å². The summed E-state index contributed by atoms with van der Waals surface area (Å²) in [7, 11) is 0. The zero-order valence-electron chi connectivity index (χ0n) is 11.6. The van der Waals surface area contributed by atoms with E-state index in [1.54, 1.807) is 0 Å². The van der Waals surface area contributed by atoms with Crippen molar-refractivity contribution in [2.75, 3.05) is 11.9 Å². The summed E-state index contributed by atoms with van der Waals surface area (Å²) in [6.45, 7) is 6.77. The first kappa shape index (κ1) is 14.7. The molecule has 0 aliphatic rings. The van der Waals surface area contributed by atoms with Crippen molar-refractivity contribution in [3.05, 3.63) is 29.3 Å². The highest BCUT2D eigenvalue weighted by Crippen LogP contribution is 2.19. The third-order valence-corrected chi connectivity index (χ3v) is 3.38. The number of aryl methyl sites for hydroxylation is 1. The molecule has 3 heteroatoms. The number of hydrogen-bond acceptors (Lipinski definition) is 2. The highest BCUT2D eigenvalue weighted by atomic mass is 16.1. The summed E-state index contributed by atoms with van der Waals surface area (Å²) in [5.41, 5.74) is 8.91. The van der Waals surface area contributed by atoms with Crippen LogP contribution in [0.3, 0.4) is 0 Å². The summed E-state index contributed by atoms with van der Waals surface area (Å²) < 4.78 is 0. The van der Waals surface area contributed by atoms with Gasteiger partial charge in [-0.25, -0.2) is 0 Å². The average Bonchev–Trinajstić information content (AvgIpc) is 2.34. The zero-order valence-corrected chi connectivity index (χ0v) is 11.6. The first-order valence-electron chi connectivity index (χ1n) is 6.64. The van der Waals surface area contributed by atoms with E-state index in [4.69, 9.17) is 5.73 Å². The number of benzene rings is 1. The highest BCUT2D eigenvalue weighted by Gasteiger charge is 2.12. The van der Waals surface area contributed by atoms with Crippen LogP contribution in [0.2, 0.25) is 0 Å². The Hall–Kier alpha value is -1.35. The molecule has 0 spiro atoms. The smallest absolute Gasteiger partial charge is 0.224 e. The molecule has 1 atom stereocenters. The van der Waals surface area contributed by atoms with Crippen molar-refractivity contribution >= 4 is 11.6 Å². The second-order valence-corrected chi connectivity index (χ2v) is 4.89. The number of nitrogens with two attached hydrogens (primary N) is 1. The molecular formula is C15H24N2O. The molecule has 0 radical (unpaired) electrons. The predicted molar refractivity (Wildman–Crippen MR) is 76.6 cm³/mol. The molecule has 0 bridgehead atoms. The van der Waals surface area contributed by atoms with E-state index in [1.165, 1.54) is 5.56 Å². The lowest BCUT2D eigenvalue weighted by atomic mass is 9.99. The fraction of sp³-hybridized carbons (Fsp3) is 0.533. The fourth-order valence-electron chi connectivity index (χ4n) is 2.06. The van der Waals surface area contributed by atoms with Crippen LogP contribution in [0.4, 0.5) is 5.69 Å². The van der Waals surface area contributed by atoms with Crippen LogP contribution in [-0.2, 0) is 4.79 Å². The van der Waals surface area contributed by atoms with Gasteiger partial charge in [0.1, 0.15) is 0 Å². The lowest BCUT2D eigenvalue weighted by Gasteiger charge is -2.15. The first-order valence-corrected chi connectivity index (χ1v) is 6.64. The van der Waals surface area contributed by atoms with Crippen LogP contribution in [0.15, 0.2) is 18.2 Å². The Balaban J connectivity index is 2.61. The largest absolute Gasteiger partial charge is 0.330 e. The maximum atomic E-state index is 12.0. The van der Waals surface area contributed by atoms with Gasteiger partial charge in [-0.05, 0) is 49.9 Å². The van der Waals surface area contributed by atoms with Gasteiger partial charge in [0, 0.05) is 12.1 Å². The van der Waals surface area contributed by atoms with Crippen molar-refractivity contribution in [1.29, 1.82) is 0 Å². The lowest BCUT2D eigenvalue weighted by molar-refractivity contribution is -0.117. The molecule has 1 aromatic carbocycles. The Morgan fingerprint density at radius 1 is 1.39 bits per heavy atom. The van der Waals surface area contributed by atoms with Crippen molar-refractivity contribution < 1.29 is 4.79 Å². The molecule has 0 fully saturated rings. The third-order valence-electron chi connectivity index (χ3n) is 3.38. The molecule has 0 saturated heterocycles. The van der Waals surface area contributed by atoms with Crippen molar-refractivity contribution in [3.8, 4) is 0 Å². The SMILES string of the molecule is CCCC(CN)CC(=O)Nc1cccc(C)c1C. The number of carbonyl (C=O) groups is 1. The molecule has 1 unspecified atom stereocenters. The van der Waals surface area contributed by atoms with Gasteiger partial charge < -0.3 is 11.1 Å². The molecule has 0 saturated carbocycles. The normalized spacial score (nSPS) is 12.2. The minimum absolute atomic E-state index is 0.0626. The van der Waals surface area contributed by atoms with Crippen LogP contribution >= 0.6 is 0 Å². The molecule has 0 aliphatic heterocycles. The quantitative estimate of drug-likeness (QED) is 0.813. The Morgan fingerprint density at radius 2 is 2.11 bits per heavy atom. The van der Waals surface area contributed by atoms with E-state index in [0.717, 1.165) is 24.1 Å². The Morgan fingerprint density at radius 3 is 2.72 bits per heavy atom. The van der Waals surface area contributed by atoms with Crippen molar-refractivity contribution in [2.24, 2.45) is 11.7 Å². The summed E-state index contributed by atoms with van der Waals surface area (Å²) in [6, 6.07) is 5.95. The van der Waals surface area contributed by atoms with Crippen molar-refractivity contribution in [3.63, 3.8) is 0 Å². The van der Waals surface area contributed by atoms with Crippen molar-refractivity contribution in [1.82, 2.24) is 0 Å². The average molecular weight is 248 g/mol. The molecule has 18 heavy (non-hydrogen) atoms. The van der Waals surface area contributed by atoms with Gasteiger partial charge in [-0.15, -0.1) is 0 Å². The van der Waals surface area contributed by atoms with Gasteiger partial charge in [0.05, 0.1) is 0 Å². The fourth-order valence-corrected chi connectivity index (χ4v) is 2.06. The van der Waals surface area contributed by atoms with Crippen LogP contribution in [-0.4, -0.2) is 12.5 Å². The molecule has 1 amide bonds. The molecule has 0 heterocycles. The third kappa shape index (κ3) is 4.15. The van der Waals surface area contributed by atoms with Gasteiger partial charge in [-0.2, -0.15) is 0 Å². The molecule has 3 N–H and O–H groups in total. The number of anilines is 1. The molecular weight excluding hydrogens is 224 g/mol. The van der Waals surface area contributed by atoms with Gasteiger partial charge in [-0.1, -0.05) is 25.5 Å². The molecule has 100 valence electrons. The molecule has 0 aromatic heterocycles. The minimum atomic E-state index is 0.0626. The van der Waals surface area contributed by atoms with E-state index >= 15 is 0 Å². The highest BCUT2D eigenvalue weighted by molar-refractivity contribution is 5.91. The summed E-state index contributed by atoms with van der Waals surface area (Å²) >= 11 is 0. The maximum Gasteiger partial charge on any atom is 0.224 e. The second kappa shape index (κ2) is 7.17. The zero-order chi connectivity index (χ0) is 13.5. The van der Waals surface area contributed by atoms with Gasteiger partial charge >= 0.3 is 0 Å². The Labute approximate surface area is 110 Å². The number of hydrogen-bond donors (Lipinski definition) is 2. The number of rotatable bonds is 6. The molecule has 1 aromatic rings. The lowest BCUT2D eigenvalue weighted by Crippen LogP contribution is -2.22. The Kier molecular flexibility index (Phi) is 5.86. The van der Waals surface area contributed by atoms with Crippen LogP contribution < -0.4 is 11.1 Å². The van der Waals surface area contributed by atoms with E-state index in [0.29, 0.717) is 18.9 Å². The predicted octanol–water partition coefficient (Wildman–Crippen LogP) is 3.01. The van der Waals surface area contributed by atoms with Gasteiger partial charge in [-0.3, -0.25) is 4.79 Å². The van der Waals surface area contributed by atoms with Crippen LogP contribution in [0.1, 0.15) is 37.3 Å². The standard InChI is InChI=1S/C15H24N2O/c1-4-6-13(10-16)9-15(18)17-14-8-5-7-11(2)12(14)3/h5,7-8,13H,4,6,9-10,16H2,1-3H3,(H,17,18). The summed E-state index contributed by atoms with van der Waals surface area (Å²) in [5, 5.41) is 2.98. The van der Waals surface area contributed by atoms with E-state index in [1.807, 2.05) is 32.0 Å². The van der Waals surface area contributed by atoms with Crippen LogP contribution in [0.5, 0.6) is 0 Å². The molecule has 0 aliphatic carbocycles. The second-order valence-electron chi connectivity index (χ2n) is 4.89. The van der Waals surface area contributed by atoms with E-state index < -0.39 is 0 Å². The number of amides is 1. The van der Waals surface area contributed by atoms with Gasteiger partial charge in [0.25, 0.3) is 0 Å². The maximum absolute atomic E-state index is 12.0. The summed E-state index contributed by atoms with van der Waals surface area (Å²) in [5.74, 6) is 0.354. The number of nitrogens with one attached hydrogen (secondary N) is 1. The van der Waals surface area contributed by atoms with E-state index in [2.05, 4.69) is 12.2 Å². The minimum Gasteiger partial charge on any atom is -0.330 e. The monoisotopic (exact) mass is 248 g/mol. The van der Waals surface area contributed by atoms with E-state index in [9.17, 15) is 4.79 Å². The van der Waals surface area contributed by atoms with Gasteiger partial charge in [0.15, 0.2) is 0 Å². The van der Waals surface area contributed by atoms with Crippen LogP contribution in [0.25, 0.3) is 0 Å². The summed E-state index contributed by atoms with van der Waals surface area (Å²) in [4.78, 5) is 12.0.